The summed E-state index contributed by atoms with van der Waals surface area (Å²) in [6.45, 7) is 4.77. The maximum Gasteiger partial charge on any atom is 0.344 e. The van der Waals surface area contributed by atoms with Crippen LogP contribution >= 0.6 is 0 Å². The molecule has 0 aliphatic rings. The lowest BCUT2D eigenvalue weighted by Crippen LogP contribution is -2.27. The minimum Gasteiger partial charge on any atom is -0.465 e. The van der Waals surface area contributed by atoms with Gasteiger partial charge in [0.15, 0.2) is 6.61 Å². The van der Waals surface area contributed by atoms with Crippen molar-refractivity contribution in [3.8, 4) is 0 Å². The second-order valence-corrected chi connectivity index (χ2v) is 5.61. The number of methoxy groups -OCH3 is 1. The van der Waals surface area contributed by atoms with Crippen LogP contribution in [-0.4, -0.2) is 37.2 Å². The fraction of sp³-hybridized carbons (Fsp3) is 0.438. The minimum absolute atomic E-state index is 0.00422. The first-order valence-electron chi connectivity index (χ1n) is 6.76. The molecule has 120 valence electrons. The third kappa shape index (κ3) is 6.39. The van der Waals surface area contributed by atoms with Crippen molar-refractivity contribution < 1.29 is 28.6 Å². The summed E-state index contributed by atoms with van der Waals surface area (Å²) in [5.41, 5.74) is 0.447. The van der Waals surface area contributed by atoms with Gasteiger partial charge in [-0.15, -0.1) is 0 Å². The standard InChI is InChI=1S/C16H20O6/c1-16(2,3)22-14(18)10-21-13(17)9-11-5-7-12(8-6-11)15(19)20-4/h5-8H,9-10H2,1-4H3. The van der Waals surface area contributed by atoms with E-state index in [0.717, 1.165) is 0 Å². The second-order valence-electron chi connectivity index (χ2n) is 5.61. The average molecular weight is 308 g/mol. The summed E-state index contributed by atoms with van der Waals surface area (Å²) in [7, 11) is 1.30. The molecule has 0 aliphatic carbocycles. The molecule has 1 aromatic rings. The Bertz CT molecular complexity index is 539. The van der Waals surface area contributed by atoms with Crippen molar-refractivity contribution in [1.82, 2.24) is 0 Å². The van der Waals surface area contributed by atoms with E-state index in [4.69, 9.17) is 9.47 Å². The zero-order valence-electron chi connectivity index (χ0n) is 13.2. The molecule has 0 aromatic heterocycles. The molecular formula is C16H20O6. The van der Waals surface area contributed by atoms with Gasteiger partial charge in [-0.25, -0.2) is 9.59 Å². The summed E-state index contributed by atoms with van der Waals surface area (Å²) in [4.78, 5) is 34.3. The van der Waals surface area contributed by atoms with E-state index in [9.17, 15) is 14.4 Å². The van der Waals surface area contributed by atoms with Gasteiger partial charge in [0.05, 0.1) is 19.1 Å². The number of hydrogen-bond acceptors (Lipinski definition) is 6. The van der Waals surface area contributed by atoms with Gasteiger partial charge in [-0.3, -0.25) is 4.79 Å². The number of esters is 3. The average Bonchev–Trinajstić information content (AvgIpc) is 2.43. The summed E-state index contributed by atoms with van der Waals surface area (Å²) in [5.74, 6) is -1.59. The first kappa shape index (κ1) is 17.7. The molecule has 0 N–H and O–H groups in total. The van der Waals surface area contributed by atoms with Crippen LogP contribution in [0.25, 0.3) is 0 Å². The van der Waals surface area contributed by atoms with E-state index < -0.39 is 30.1 Å². The molecule has 0 unspecified atom stereocenters. The molecule has 22 heavy (non-hydrogen) atoms. The van der Waals surface area contributed by atoms with E-state index in [0.29, 0.717) is 11.1 Å². The first-order chi connectivity index (χ1) is 10.2. The molecule has 0 heterocycles. The van der Waals surface area contributed by atoms with Gasteiger partial charge in [-0.2, -0.15) is 0 Å². The lowest BCUT2D eigenvalue weighted by Gasteiger charge is -2.19. The molecule has 1 rings (SSSR count). The van der Waals surface area contributed by atoms with Gasteiger partial charge in [-0.05, 0) is 38.5 Å². The van der Waals surface area contributed by atoms with E-state index in [1.54, 1.807) is 45.0 Å². The zero-order valence-corrected chi connectivity index (χ0v) is 13.2. The fourth-order valence-electron chi connectivity index (χ4n) is 1.60. The molecule has 1 aromatic carbocycles. The Balaban J connectivity index is 2.45. The summed E-state index contributed by atoms with van der Waals surface area (Å²) in [6, 6.07) is 6.37. The highest BCUT2D eigenvalue weighted by molar-refractivity contribution is 5.89. The molecule has 0 spiro atoms. The Kier molecular flexibility index (Phi) is 6.10. The lowest BCUT2D eigenvalue weighted by atomic mass is 10.1. The number of carbonyl (C=O) groups is 3. The molecule has 6 heteroatoms. The second kappa shape index (κ2) is 7.59. The topological polar surface area (TPSA) is 78.9 Å². The predicted molar refractivity (Wildman–Crippen MR) is 78.3 cm³/mol. The Morgan fingerprint density at radius 1 is 1.00 bits per heavy atom. The van der Waals surface area contributed by atoms with Gasteiger partial charge in [0.25, 0.3) is 0 Å². The Hall–Kier alpha value is -2.37. The van der Waals surface area contributed by atoms with Crippen molar-refractivity contribution in [2.45, 2.75) is 32.8 Å². The highest BCUT2D eigenvalue weighted by atomic mass is 16.6. The number of carbonyl (C=O) groups excluding carboxylic acids is 3. The normalized spacial score (nSPS) is 10.7. The Morgan fingerprint density at radius 2 is 1.59 bits per heavy atom. The van der Waals surface area contributed by atoms with Crippen LogP contribution in [-0.2, 0) is 30.2 Å². The van der Waals surface area contributed by atoms with Gasteiger partial charge in [-0.1, -0.05) is 12.1 Å². The monoisotopic (exact) mass is 308 g/mol. The molecule has 0 amide bonds. The molecular weight excluding hydrogens is 288 g/mol. The Labute approximate surface area is 129 Å². The third-order valence-corrected chi connectivity index (χ3v) is 2.49. The molecule has 0 saturated carbocycles. The van der Waals surface area contributed by atoms with Crippen LogP contribution in [0.1, 0.15) is 36.7 Å². The van der Waals surface area contributed by atoms with Crippen LogP contribution < -0.4 is 0 Å². The van der Waals surface area contributed by atoms with Crippen molar-refractivity contribution in [1.29, 1.82) is 0 Å². The molecule has 0 saturated heterocycles. The van der Waals surface area contributed by atoms with Gasteiger partial charge >= 0.3 is 17.9 Å². The molecule has 0 bridgehead atoms. The quantitative estimate of drug-likeness (QED) is 0.610. The summed E-state index contributed by atoms with van der Waals surface area (Å²) < 4.78 is 14.5. The van der Waals surface area contributed by atoms with Gasteiger partial charge in [0, 0.05) is 0 Å². The maximum absolute atomic E-state index is 11.6. The highest BCUT2D eigenvalue weighted by Crippen LogP contribution is 2.09. The van der Waals surface area contributed by atoms with Crippen molar-refractivity contribution in [2.24, 2.45) is 0 Å². The van der Waals surface area contributed by atoms with Crippen LogP contribution in [0.15, 0.2) is 24.3 Å². The fourth-order valence-corrected chi connectivity index (χ4v) is 1.60. The summed E-state index contributed by atoms with van der Waals surface area (Å²) in [5, 5.41) is 0. The van der Waals surface area contributed by atoms with Crippen LogP contribution in [0.5, 0.6) is 0 Å². The summed E-state index contributed by atoms with van der Waals surface area (Å²) in [6.07, 6.45) is 0.00422. The predicted octanol–water partition coefficient (Wildman–Crippen LogP) is 1.90. The number of rotatable bonds is 5. The van der Waals surface area contributed by atoms with Crippen molar-refractivity contribution >= 4 is 17.9 Å². The van der Waals surface area contributed by atoms with E-state index >= 15 is 0 Å². The molecule has 0 radical (unpaired) electrons. The van der Waals surface area contributed by atoms with Crippen molar-refractivity contribution in [2.75, 3.05) is 13.7 Å². The molecule has 6 nitrogen and oxygen atoms in total. The zero-order chi connectivity index (χ0) is 16.8. The summed E-state index contributed by atoms with van der Waals surface area (Å²) >= 11 is 0. The Morgan fingerprint density at radius 3 is 2.09 bits per heavy atom. The van der Waals surface area contributed by atoms with E-state index in [1.165, 1.54) is 7.11 Å². The van der Waals surface area contributed by atoms with Gasteiger partial charge in [0.2, 0.25) is 0 Å². The lowest BCUT2D eigenvalue weighted by molar-refractivity contribution is -0.166. The molecule has 0 aliphatic heterocycles. The third-order valence-electron chi connectivity index (χ3n) is 2.49. The molecule has 0 fully saturated rings. The van der Waals surface area contributed by atoms with Crippen molar-refractivity contribution in [3.63, 3.8) is 0 Å². The van der Waals surface area contributed by atoms with Crippen LogP contribution in [0.3, 0.4) is 0 Å². The largest absolute Gasteiger partial charge is 0.465 e. The minimum atomic E-state index is -0.618. The molecule has 0 atom stereocenters. The van der Waals surface area contributed by atoms with E-state index in [1.807, 2.05) is 0 Å². The number of hydrogen-bond donors (Lipinski definition) is 0. The number of benzene rings is 1. The smallest absolute Gasteiger partial charge is 0.344 e. The van der Waals surface area contributed by atoms with Crippen LogP contribution in [0, 0.1) is 0 Å². The maximum atomic E-state index is 11.6. The number of ether oxygens (including phenoxy) is 3. The van der Waals surface area contributed by atoms with E-state index in [-0.39, 0.29) is 6.42 Å². The van der Waals surface area contributed by atoms with Crippen molar-refractivity contribution in [3.05, 3.63) is 35.4 Å². The first-order valence-corrected chi connectivity index (χ1v) is 6.76. The van der Waals surface area contributed by atoms with Crippen LogP contribution in [0.4, 0.5) is 0 Å². The van der Waals surface area contributed by atoms with Gasteiger partial charge in [0.1, 0.15) is 5.60 Å². The van der Waals surface area contributed by atoms with E-state index in [2.05, 4.69) is 4.74 Å². The van der Waals surface area contributed by atoms with Gasteiger partial charge < -0.3 is 14.2 Å². The highest BCUT2D eigenvalue weighted by Gasteiger charge is 2.17. The van der Waals surface area contributed by atoms with Crippen LogP contribution in [0.2, 0.25) is 0 Å². The SMILES string of the molecule is COC(=O)c1ccc(CC(=O)OCC(=O)OC(C)(C)C)cc1.